The maximum atomic E-state index is 5.38. The van der Waals surface area contributed by atoms with Crippen LogP contribution in [0.1, 0.15) is 31.0 Å². The molecule has 1 aromatic rings. The Labute approximate surface area is 91.9 Å². The van der Waals surface area contributed by atoms with Crippen molar-refractivity contribution >= 4 is 0 Å². The van der Waals surface area contributed by atoms with E-state index in [4.69, 9.17) is 4.74 Å². The molecule has 0 aromatic carbocycles. The number of hydrogen-bond donors (Lipinski definition) is 1. The monoisotopic (exact) mass is 208 g/mol. The van der Waals surface area contributed by atoms with Crippen molar-refractivity contribution in [2.24, 2.45) is 0 Å². The molecule has 2 atom stereocenters. The van der Waals surface area contributed by atoms with Gasteiger partial charge in [0.1, 0.15) is 0 Å². The third kappa shape index (κ3) is 3.01. The molecular weight excluding hydrogens is 188 g/mol. The van der Waals surface area contributed by atoms with Crippen molar-refractivity contribution < 1.29 is 4.74 Å². The van der Waals surface area contributed by atoms with Crippen LogP contribution >= 0.6 is 0 Å². The van der Waals surface area contributed by atoms with E-state index in [2.05, 4.69) is 31.1 Å². The third-order valence-electron chi connectivity index (χ3n) is 2.68. The number of nitrogens with zero attached hydrogens (tertiary/aromatic N) is 1. The molecule has 0 amide bonds. The summed E-state index contributed by atoms with van der Waals surface area (Å²) in [5, 5.41) is 3.43. The van der Waals surface area contributed by atoms with Gasteiger partial charge in [-0.15, -0.1) is 0 Å². The molecule has 0 spiro atoms. The molecule has 0 radical (unpaired) electrons. The molecule has 15 heavy (non-hydrogen) atoms. The van der Waals surface area contributed by atoms with Crippen LogP contribution in [0.25, 0.3) is 0 Å². The summed E-state index contributed by atoms with van der Waals surface area (Å²) in [7, 11) is 1.74. The van der Waals surface area contributed by atoms with Gasteiger partial charge in [0.2, 0.25) is 0 Å². The Balaban J connectivity index is 2.93. The van der Waals surface area contributed by atoms with E-state index < -0.39 is 0 Å². The van der Waals surface area contributed by atoms with Gasteiger partial charge in [0.25, 0.3) is 0 Å². The Hall–Kier alpha value is -0.930. The molecule has 0 bridgehead atoms. The lowest BCUT2D eigenvalue weighted by atomic mass is 10.00. The van der Waals surface area contributed by atoms with Crippen LogP contribution in [0.4, 0.5) is 0 Å². The van der Waals surface area contributed by atoms with Gasteiger partial charge in [0.15, 0.2) is 0 Å². The summed E-state index contributed by atoms with van der Waals surface area (Å²) in [5.41, 5.74) is 2.47. The van der Waals surface area contributed by atoms with Crippen molar-refractivity contribution in [3.8, 4) is 0 Å². The molecule has 0 fully saturated rings. The van der Waals surface area contributed by atoms with E-state index in [0.29, 0.717) is 0 Å². The van der Waals surface area contributed by atoms with E-state index in [-0.39, 0.29) is 12.1 Å². The lowest BCUT2D eigenvalue weighted by Crippen LogP contribution is -2.31. The van der Waals surface area contributed by atoms with Crippen molar-refractivity contribution in [2.45, 2.75) is 32.9 Å². The highest BCUT2D eigenvalue weighted by Crippen LogP contribution is 2.21. The number of likely N-dealkylation sites (N-methyl/N-ethyl adjacent to an activating group) is 1. The maximum Gasteiger partial charge on any atom is 0.0738 e. The summed E-state index contributed by atoms with van der Waals surface area (Å²) in [6, 6.07) is 2.25. The fourth-order valence-electron chi connectivity index (χ4n) is 1.69. The van der Waals surface area contributed by atoms with Gasteiger partial charge in [-0.3, -0.25) is 4.98 Å². The van der Waals surface area contributed by atoms with E-state index in [1.807, 2.05) is 18.5 Å². The van der Waals surface area contributed by atoms with Crippen LogP contribution < -0.4 is 5.32 Å². The zero-order chi connectivity index (χ0) is 11.3. The number of ether oxygens (including phenoxy) is 1. The third-order valence-corrected chi connectivity index (χ3v) is 2.68. The number of aryl methyl sites for hydroxylation is 1. The minimum absolute atomic E-state index is 0.146. The Bertz CT molecular complexity index is 301. The minimum Gasteiger partial charge on any atom is -0.380 e. The molecule has 3 heteroatoms. The van der Waals surface area contributed by atoms with Gasteiger partial charge in [0.05, 0.1) is 12.1 Å². The topological polar surface area (TPSA) is 34.2 Å². The van der Waals surface area contributed by atoms with Crippen molar-refractivity contribution in [3.63, 3.8) is 0 Å². The van der Waals surface area contributed by atoms with Crippen LogP contribution in [0.2, 0.25) is 0 Å². The molecule has 0 aliphatic heterocycles. The van der Waals surface area contributed by atoms with Gasteiger partial charge in [0, 0.05) is 19.5 Å². The first kappa shape index (κ1) is 12.1. The lowest BCUT2D eigenvalue weighted by Gasteiger charge is -2.25. The minimum atomic E-state index is 0.146. The molecule has 0 saturated carbocycles. The van der Waals surface area contributed by atoms with Gasteiger partial charge in [-0.2, -0.15) is 0 Å². The highest BCUT2D eigenvalue weighted by atomic mass is 16.5. The number of rotatable bonds is 5. The van der Waals surface area contributed by atoms with Crippen LogP contribution in [0.15, 0.2) is 18.5 Å². The predicted octanol–water partition coefficient (Wildman–Crippen LogP) is 2.08. The first-order chi connectivity index (χ1) is 7.20. The van der Waals surface area contributed by atoms with E-state index in [1.165, 1.54) is 11.1 Å². The van der Waals surface area contributed by atoms with E-state index in [9.17, 15) is 0 Å². The average molecular weight is 208 g/mol. The quantitative estimate of drug-likeness (QED) is 0.804. The van der Waals surface area contributed by atoms with Crippen molar-refractivity contribution in [2.75, 3.05) is 13.7 Å². The Morgan fingerprint density at radius 2 is 2.27 bits per heavy atom. The van der Waals surface area contributed by atoms with E-state index >= 15 is 0 Å². The Kier molecular flexibility index (Phi) is 4.72. The van der Waals surface area contributed by atoms with Crippen LogP contribution in [0, 0.1) is 6.92 Å². The summed E-state index contributed by atoms with van der Waals surface area (Å²) in [6.45, 7) is 7.19. The van der Waals surface area contributed by atoms with Crippen molar-refractivity contribution in [1.82, 2.24) is 10.3 Å². The molecule has 1 heterocycles. The van der Waals surface area contributed by atoms with E-state index in [0.717, 1.165) is 6.54 Å². The Morgan fingerprint density at radius 3 is 2.80 bits per heavy atom. The number of methoxy groups -OCH3 is 1. The largest absolute Gasteiger partial charge is 0.380 e. The van der Waals surface area contributed by atoms with Crippen molar-refractivity contribution in [1.29, 1.82) is 0 Å². The summed E-state index contributed by atoms with van der Waals surface area (Å²) < 4.78 is 5.38. The van der Waals surface area contributed by atoms with E-state index in [1.54, 1.807) is 7.11 Å². The zero-order valence-electron chi connectivity index (χ0n) is 9.95. The molecule has 1 N–H and O–H groups in total. The lowest BCUT2D eigenvalue weighted by molar-refractivity contribution is 0.0832. The maximum absolute atomic E-state index is 5.38. The fourth-order valence-corrected chi connectivity index (χ4v) is 1.69. The number of hydrogen-bond acceptors (Lipinski definition) is 3. The van der Waals surface area contributed by atoms with Gasteiger partial charge >= 0.3 is 0 Å². The highest BCUT2D eigenvalue weighted by molar-refractivity contribution is 5.25. The second-order valence-electron chi connectivity index (χ2n) is 3.71. The average Bonchev–Trinajstić information content (AvgIpc) is 2.26. The molecule has 1 aromatic heterocycles. The molecule has 3 nitrogen and oxygen atoms in total. The number of pyridine rings is 1. The molecular formula is C12H20N2O. The van der Waals surface area contributed by atoms with Crippen LogP contribution in [0.5, 0.6) is 0 Å². The summed E-state index contributed by atoms with van der Waals surface area (Å²) in [6.07, 6.45) is 3.88. The van der Waals surface area contributed by atoms with Gasteiger partial charge in [-0.1, -0.05) is 6.92 Å². The second-order valence-corrected chi connectivity index (χ2v) is 3.71. The van der Waals surface area contributed by atoms with Crippen LogP contribution in [-0.4, -0.2) is 24.7 Å². The number of aromatic nitrogens is 1. The Morgan fingerprint density at radius 1 is 1.53 bits per heavy atom. The summed E-state index contributed by atoms with van der Waals surface area (Å²) in [5.74, 6) is 0. The highest BCUT2D eigenvalue weighted by Gasteiger charge is 2.19. The molecule has 0 aliphatic carbocycles. The normalized spacial score (nSPS) is 14.9. The van der Waals surface area contributed by atoms with Gasteiger partial charge in [-0.25, -0.2) is 0 Å². The molecule has 0 saturated heterocycles. The van der Waals surface area contributed by atoms with Gasteiger partial charge in [-0.05, 0) is 37.6 Å². The van der Waals surface area contributed by atoms with Crippen LogP contribution in [0.3, 0.4) is 0 Å². The van der Waals surface area contributed by atoms with Crippen LogP contribution in [-0.2, 0) is 4.74 Å². The summed E-state index contributed by atoms with van der Waals surface area (Å²) >= 11 is 0. The second kappa shape index (κ2) is 5.83. The molecule has 0 aliphatic rings. The van der Waals surface area contributed by atoms with Gasteiger partial charge < -0.3 is 10.1 Å². The molecule has 2 unspecified atom stereocenters. The van der Waals surface area contributed by atoms with Crippen molar-refractivity contribution in [3.05, 3.63) is 29.6 Å². The first-order valence-electron chi connectivity index (χ1n) is 5.37. The SMILES string of the molecule is CCNC(c1cnccc1C)C(C)OC. The fraction of sp³-hybridized carbons (Fsp3) is 0.583. The summed E-state index contributed by atoms with van der Waals surface area (Å²) in [4.78, 5) is 4.17. The smallest absolute Gasteiger partial charge is 0.0738 e. The standard InChI is InChI=1S/C12H20N2O/c1-5-14-12(10(3)15-4)11-8-13-7-6-9(11)2/h6-8,10,12,14H,5H2,1-4H3. The first-order valence-corrected chi connectivity index (χ1v) is 5.37. The predicted molar refractivity (Wildman–Crippen MR) is 61.9 cm³/mol. The zero-order valence-corrected chi connectivity index (χ0v) is 9.95. The molecule has 84 valence electrons. The number of nitrogens with one attached hydrogen (secondary N) is 1. The molecule has 1 rings (SSSR count).